The van der Waals surface area contributed by atoms with E-state index in [-0.39, 0.29) is 28.9 Å². The molecule has 0 saturated heterocycles. The first kappa shape index (κ1) is 40.1. The zero-order valence-corrected chi connectivity index (χ0v) is 31.7. The van der Waals surface area contributed by atoms with Gasteiger partial charge in [0.25, 0.3) is 0 Å². The van der Waals surface area contributed by atoms with Gasteiger partial charge in [0.05, 0.1) is 11.0 Å². The number of carbonyl (C=O) groups is 1. The lowest BCUT2D eigenvalue weighted by atomic mass is 9.76. The number of nitrogens with zero attached hydrogens (tertiary/aromatic N) is 1. The van der Waals surface area contributed by atoms with Crippen molar-refractivity contribution < 1.29 is 19.4 Å². The Morgan fingerprint density at radius 1 is 0.783 bits per heavy atom. The van der Waals surface area contributed by atoms with E-state index in [2.05, 4.69) is 81.4 Å². The van der Waals surface area contributed by atoms with Gasteiger partial charge in [0.15, 0.2) is 5.90 Å². The number of esters is 1. The van der Waals surface area contributed by atoms with Crippen LogP contribution in [0.4, 0.5) is 0 Å². The molecule has 0 radical (unpaired) electrons. The maximum atomic E-state index is 12.9. The van der Waals surface area contributed by atoms with E-state index in [1.165, 1.54) is 83.5 Å². The standard InChI is InChI=1S/C41H71NO4/c1-11-12-13-14-15-16-17-18-19-20-21-22-23-24-25-26-35(43)45-31-41(10,37-42-40(8,9)30-46-37)29-32-27-33(38(2,3)4)36(44)34(28-32)39(5,6)7/h27-28,44H,11-26,29-31H2,1-10H3. The van der Waals surface area contributed by atoms with Crippen LogP contribution in [-0.2, 0) is 31.5 Å². The number of hydrogen-bond donors (Lipinski definition) is 1. The van der Waals surface area contributed by atoms with E-state index in [1.807, 2.05) is 0 Å². The molecule has 264 valence electrons. The van der Waals surface area contributed by atoms with Crippen LogP contribution in [-0.4, -0.2) is 35.7 Å². The van der Waals surface area contributed by atoms with Gasteiger partial charge < -0.3 is 14.6 Å². The largest absolute Gasteiger partial charge is 0.507 e. The molecule has 2 rings (SSSR count). The molecule has 0 bridgehead atoms. The van der Waals surface area contributed by atoms with Crippen molar-refractivity contribution in [1.29, 1.82) is 0 Å². The first-order valence-electron chi connectivity index (χ1n) is 18.7. The van der Waals surface area contributed by atoms with Crippen molar-refractivity contribution in [2.24, 2.45) is 10.4 Å². The third-order valence-electron chi connectivity index (χ3n) is 9.40. The lowest BCUT2D eigenvalue weighted by Gasteiger charge is -2.32. The maximum Gasteiger partial charge on any atom is 0.305 e. The molecule has 1 aromatic carbocycles. The van der Waals surface area contributed by atoms with Gasteiger partial charge in [0.1, 0.15) is 19.0 Å². The zero-order valence-electron chi connectivity index (χ0n) is 31.7. The molecule has 0 saturated carbocycles. The Morgan fingerprint density at radius 2 is 1.22 bits per heavy atom. The number of aliphatic imine (C=N–C) groups is 1. The summed E-state index contributed by atoms with van der Waals surface area (Å²) in [5, 5.41) is 11.3. The second-order valence-electron chi connectivity index (χ2n) is 17.2. The number of carbonyl (C=O) groups excluding carboxylic acids is 1. The molecule has 0 aliphatic carbocycles. The minimum atomic E-state index is -0.611. The fourth-order valence-electron chi connectivity index (χ4n) is 6.42. The zero-order chi connectivity index (χ0) is 34.4. The summed E-state index contributed by atoms with van der Waals surface area (Å²) in [6.45, 7) is 22.0. The number of phenolic OH excluding ortho intramolecular Hbond substituents is 1. The van der Waals surface area contributed by atoms with Crippen LogP contribution in [0.5, 0.6) is 5.75 Å². The van der Waals surface area contributed by atoms with Crippen molar-refractivity contribution in [3.63, 3.8) is 0 Å². The highest BCUT2D eigenvalue weighted by molar-refractivity contribution is 5.85. The highest BCUT2D eigenvalue weighted by Crippen LogP contribution is 2.41. The van der Waals surface area contributed by atoms with Crippen LogP contribution in [0, 0.1) is 5.41 Å². The minimum Gasteiger partial charge on any atom is -0.507 e. The highest BCUT2D eigenvalue weighted by Gasteiger charge is 2.41. The Balaban J connectivity index is 1.88. The molecule has 5 heteroatoms. The number of aromatic hydroxyl groups is 1. The van der Waals surface area contributed by atoms with Gasteiger partial charge >= 0.3 is 5.97 Å². The van der Waals surface area contributed by atoms with Crippen LogP contribution >= 0.6 is 0 Å². The van der Waals surface area contributed by atoms with Crippen molar-refractivity contribution in [3.8, 4) is 5.75 Å². The van der Waals surface area contributed by atoms with Gasteiger partial charge in [0.2, 0.25) is 0 Å². The monoisotopic (exact) mass is 642 g/mol. The van der Waals surface area contributed by atoms with Gasteiger partial charge in [-0.3, -0.25) is 4.79 Å². The van der Waals surface area contributed by atoms with E-state index in [4.69, 9.17) is 14.5 Å². The fourth-order valence-corrected chi connectivity index (χ4v) is 6.42. The Labute approximate surface area is 283 Å². The van der Waals surface area contributed by atoms with Gasteiger partial charge in [0, 0.05) is 6.42 Å². The molecule has 5 nitrogen and oxygen atoms in total. The van der Waals surface area contributed by atoms with Gasteiger partial charge in [-0.1, -0.05) is 150 Å². The predicted octanol–water partition coefficient (Wildman–Crippen LogP) is 11.5. The lowest BCUT2D eigenvalue weighted by Crippen LogP contribution is -2.37. The molecule has 1 N–H and O–H groups in total. The molecule has 1 aliphatic heterocycles. The number of benzene rings is 1. The molecule has 0 fully saturated rings. The average molecular weight is 642 g/mol. The molecule has 1 aromatic rings. The Kier molecular flexibility index (Phi) is 16.1. The van der Waals surface area contributed by atoms with Crippen LogP contribution in [0.3, 0.4) is 0 Å². The van der Waals surface area contributed by atoms with Crippen LogP contribution in [0.1, 0.15) is 189 Å². The van der Waals surface area contributed by atoms with E-state index in [1.54, 1.807) is 0 Å². The molecule has 1 atom stereocenters. The number of phenols is 1. The fraction of sp³-hybridized carbons (Fsp3) is 0.805. The topological polar surface area (TPSA) is 68.1 Å². The van der Waals surface area contributed by atoms with E-state index in [9.17, 15) is 9.90 Å². The number of rotatable bonds is 21. The molecule has 1 unspecified atom stereocenters. The molecule has 0 aromatic heterocycles. The van der Waals surface area contributed by atoms with Gasteiger partial charge in [-0.05, 0) is 61.1 Å². The van der Waals surface area contributed by atoms with Gasteiger partial charge in [-0.2, -0.15) is 0 Å². The first-order chi connectivity index (χ1) is 21.5. The third-order valence-corrected chi connectivity index (χ3v) is 9.40. The van der Waals surface area contributed by atoms with Crippen molar-refractivity contribution >= 4 is 11.9 Å². The van der Waals surface area contributed by atoms with Crippen LogP contribution in [0.25, 0.3) is 0 Å². The lowest BCUT2D eigenvalue weighted by molar-refractivity contribution is -0.146. The number of unbranched alkanes of at least 4 members (excludes halogenated alkanes) is 14. The second kappa shape index (κ2) is 18.5. The van der Waals surface area contributed by atoms with Crippen molar-refractivity contribution in [2.75, 3.05) is 13.2 Å². The van der Waals surface area contributed by atoms with E-state index in [0.717, 1.165) is 29.5 Å². The Hall–Kier alpha value is -2.04. The quantitative estimate of drug-likeness (QED) is 0.107. The van der Waals surface area contributed by atoms with Crippen LogP contribution in [0.2, 0.25) is 0 Å². The second-order valence-corrected chi connectivity index (χ2v) is 17.2. The highest BCUT2D eigenvalue weighted by atomic mass is 16.5. The summed E-state index contributed by atoms with van der Waals surface area (Å²) in [4.78, 5) is 17.8. The summed E-state index contributed by atoms with van der Waals surface area (Å²) in [5.41, 5.74) is 1.58. The van der Waals surface area contributed by atoms with E-state index in [0.29, 0.717) is 31.1 Å². The molecular weight excluding hydrogens is 570 g/mol. The third kappa shape index (κ3) is 14.0. The SMILES string of the molecule is CCCCCCCCCCCCCCCCCC(=O)OCC(C)(Cc1cc(C(C)(C)C)c(O)c(C(C)(C)C)c1)C1=NC(C)(C)CO1. The molecule has 0 spiro atoms. The Bertz CT molecular complexity index is 1060. The van der Waals surface area contributed by atoms with Crippen LogP contribution < -0.4 is 0 Å². The van der Waals surface area contributed by atoms with Crippen molar-refractivity contribution in [1.82, 2.24) is 0 Å². The first-order valence-corrected chi connectivity index (χ1v) is 18.7. The van der Waals surface area contributed by atoms with Crippen molar-refractivity contribution in [2.45, 2.75) is 195 Å². The summed E-state index contributed by atoms with van der Waals surface area (Å²) in [5.74, 6) is 0.881. The molecule has 1 aliphatic rings. The Morgan fingerprint density at radius 3 is 1.61 bits per heavy atom. The minimum absolute atomic E-state index is 0.143. The molecule has 0 amide bonds. The summed E-state index contributed by atoms with van der Waals surface area (Å²) < 4.78 is 12.1. The smallest absolute Gasteiger partial charge is 0.305 e. The molecule has 46 heavy (non-hydrogen) atoms. The van der Waals surface area contributed by atoms with Crippen LogP contribution in [0.15, 0.2) is 17.1 Å². The number of ether oxygens (including phenoxy) is 2. The summed E-state index contributed by atoms with van der Waals surface area (Å²) >= 11 is 0. The van der Waals surface area contributed by atoms with E-state index < -0.39 is 5.41 Å². The normalized spacial score (nSPS) is 16.2. The number of hydrogen-bond acceptors (Lipinski definition) is 5. The average Bonchev–Trinajstić information content (AvgIpc) is 3.34. The predicted molar refractivity (Wildman–Crippen MR) is 195 cm³/mol. The van der Waals surface area contributed by atoms with Gasteiger partial charge in [-0.25, -0.2) is 4.99 Å². The van der Waals surface area contributed by atoms with E-state index >= 15 is 0 Å². The van der Waals surface area contributed by atoms with Gasteiger partial charge in [-0.15, -0.1) is 0 Å². The summed E-state index contributed by atoms with van der Waals surface area (Å²) in [6.07, 6.45) is 20.6. The molecular formula is C41H71NO4. The summed E-state index contributed by atoms with van der Waals surface area (Å²) in [6, 6.07) is 4.22. The summed E-state index contributed by atoms with van der Waals surface area (Å²) in [7, 11) is 0. The van der Waals surface area contributed by atoms with Crippen molar-refractivity contribution in [3.05, 3.63) is 28.8 Å². The maximum absolute atomic E-state index is 12.9. The molecule has 1 heterocycles.